The smallest absolute Gasteiger partial charge is 0.308 e. The predicted octanol–water partition coefficient (Wildman–Crippen LogP) is 1.49. The maximum Gasteiger partial charge on any atom is 0.308 e. The lowest BCUT2D eigenvalue weighted by atomic mass is 9.93. The van der Waals surface area contributed by atoms with Crippen molar-refractivity contribution < 1.29 is 33.8 Å². The average molecular weight is 469 g/mol. The third-order valence-electron chi connectivity index (χ3n) is 4.73. The second kappa shape index (κ2) is 14.5. The number of aliphatic carboxylic acids is 1. The van der Waals surface area contributed by atoms with Crippen LogP contribution in [0.3, 0.4) is 0 Å². The standard InChI is InChI=1S/C22H32N2O7S/c1-5-10-31-12-17(18(22(28)29)13-32-14(2)25)20(26)24-19(21(27)23-3)11-15-6-8-16(30-4)9-7-15/h6-9,17-19H,5,10-13H2,1-4H3,(H,23,27)(H,24,26)(H,28,29). The molecule has 3 unspecified atom stereocenters. The number of benzene rings is 1. The van der Waals surface area contributed by atoms with Crippen LogP contribution in [0.1, 0.15) is 25.8 Å². The molecule has 0 radical (unpaired) electrons. The molecule has 1 aromatic carbocycles. The van der Waals surface area contributed by atoms with Crippen LogP contribution < -0.4 is 15.4 Å². The molecule has 0 aliphatic carbocycles. The van der Waals surface area contributed by atoms with E-state index in [9.17, 15) is 24.3 Å². The number of nitrogens with one attached hydrogen (secondary N) is 2. The van der Waals surface area contributed by atoms with Crippen LogP contribution in [0.2, 0.25) is 0 Å². The molecule has 0 aliphatic heterocycles. The Morgan fingerprint density at radius 1 is 1.09 bits per heavy atom. The molecule has 0 saturated carbocycles. The number of hydrogen-bond acceptors (Lipinski definition) is 7. The SMILES string of the molecule is CCCOCC(C(=O)NC(Cc1ccc(OC)cc1)C(=O)NC)C(CSC(C)=O)C(=O)O. The molecule has 9 nitrogen and oxygen atoms in total. The topological polar surface area (TPSA) is 131 Å². The number of methoxy groups -OCH3 is 1. The molecule has 2 amide bonds. The van der Waals surface area contributed by atoms with Crippen LogP contribution in [0.15, 0.2) is 24.3 Å². The molecule has 10 heteroatoms. The number of amides is 2. The van der Waals surface area contributed by atoms with Crippen LogP contribution >= 0.6 is 11.8 Å². The van der Waals surface area contributed by atoms with Crippen LogP contribution in [0, 0.1) is 11.8 Å². The van der Waals surface area contributed by atoms with Gasteiger partial charge < -0.3 is 25.2 Å². The Bertz CT molecular complexity index is 770. The van der Waals surface area contributed by atoms with Gasteiger partial charge in [0.05, 0.1) is 25.6 Å². The highest BCUT2D eigenvalue weighted by molar-refractivity contribution is 8.13. The lowest BCUT2D eigenvalue weighted by molar-refractivity contribution is -0.148. The first-order chi connectivity index (χ1) is 15.2. The highest BCUT2D eigenvalue weighted by Crippen LogP contribution is 2.21. The molecular weight excluding hydrogens is 436 g/mol. The molecule has 1 aromatic rings. The molecule has 0 fully saturated rings. The first-order valence-electron chi connectivity index (χ1n) is 10.3. The Labute approximate surface area is 192 Å². The van der Waals surface area contributed by atoms with Gasteiger partial charge in [0, 0.05) is 32.8 Å². The van der Waals surface area contributed by atoms with Gasteiger partial charge in [0.2, 0.25) is 11.8 Å². The van der Waals surface area contributed by atoms with Gasteiger partial charge in [-0.05, 0) is 24.1 Å². The fraction of sp³-hybridized carbons (Fsp3) is 0.545. The number of carbonyl (C=O) groups excluding carboxylic acids is 3. The van der Waals surface area contributed by atoms with Crippen LogP contribution in [0.4, 0.5) is 0 Å². The second-order valence-electron chi connectivity index (χ2n) is 7.16. The van der Waals surface area contributed by atoms with E-state index in [1.165, 1.54) is 14.0 Å². The van der Waals surface area contributed by atoms with Gasteiger partial charge in [0.1, 0.15) is 11.8 Å². The Kier molecular flexibility index (Phi) is 12.4. The van der Waals surface area contributed by atoms with Crippen molar-refractivity contribution >= 4 is 34.7 Å². The van der Waals surface area contributed by atoms with Crippen LogP contribution in [-0.4, -0.2) is 67.2 Å². The summed E-state index contributed by atoms with van der Waals surface area (Å²) in [5, 5.41) is 14.6. The Hall–Kier alpha value is -2.59. The summed E-state index contributed by atoms with van der Waals surface area (Å²) in [6, 6.07) is 6.15. The number of carboxylic acids is 1. The minimum atomic E-state index is -1.20. The van der Waals surface area contributed by atoms with Crippen LogP contribution in [0.5, 0.6) is 5.75 Å². The van der Waals surface area contributed by atoms with Crippen molar-refractivity contribution in [2.45, 2.75) is 32.7 Å². The lowest BCUT2D eigenvalue weighted by Crippen LogP contribution is -2.51. The van der Waals surface area contributed by atoms with E-state index in [1.807, 2.05) is 6.92 Å². The quantitative estimate of drug-likeness (QED) is 0.350. The number of likely N-dealkylation sites (N-methyl/N-ethyl adjacent to an activating group) is 1. The lowest BCUT2D eigenvalue weighted by Gasteiger charge is -2.25. The van der Waals surface area contributed by atoms with Gasteiger partial charge in [-0.2, -0.15) is 0 Å². The molecule has 178 valence electrons. The van der Waals surface area contributed by atoms with Gasteiger partial charge in [-0.1, -0.05) is 30.8 Å². The van der Waals surface area contributed by atoms with E-state index in [0.29, 0.717) is 18.8 Å². The zero-order chi connectivity index (χ0) is 24.1. The van der Waals surface area contributed by atoms with Crippen molar-refractivity contribution in [3.63, 3.8) is 0 Å². The monoisotopic (exact) mass is 468 g/mol. The molecular formula is C22H32N2O7S. The minimum Gasteiger partial charge on any atom is -0.497 e. The molecule has 0 spiro atoms. The predicted molar refractivity (Wildman–Crippen MR) is 122 cm³/mol. The molecule has 1 rings (SSSR count). The minimum absolute atomic E-state index is 0.0681. The summed E-state index contributed by atoms with van der Waals surface area (Å²) in [5.74, 6) is -3.84. The fourth-order valence-corrected chi connectivity index (χ4v) is 3.74. The number of carboxylic acid groups (broad SMARTS) is 1. The average Bonchev–Trinajstić information content (AvgIpc) is 2.77. The van der Waals surface area contributed by atoms with Gasteiger partial charge >= 0.3 is 5.97 Å². The van der Waals surface area contributed by atoms with Gasteiger partial charge in [-0.25, -0.2) is 0 Å². The number of thioether (sulfide) groups is 1. The van der Waals surface area contributed by atoms with Gasteiger partial charge in [0.25, 0.3) is 0 Å². The summed E-state index contributed by atoms with van der Waals surface area (Å²) in [6.45, 7) is 3.47. The third kappa shape index (κ3) is 9.27. The van der Waals surface area contributed by atoms with Crippen molar-refractivity contribution in [3.8, 4) is 5.75 Å². The summed E-state index contributed by atoms with van der Waals surface area (Å²) >= 11 is 0.842. The molecule has 3 N–H and O–H groups in total. The van der Waals surface area contributed by atoms with Crippen LogP contribution in [-0.2, 0) is 30.3 Å². The van der Waals surface area contributed by atoms with E-state index in [-0.39, 0.29) is 23.9 Å². The Balaban J connectivity index is 3.06. The Morgan fingerprint density at radius 3 is 2.25 bits per heavy atom. The molecule has 0 saturated heterocycles. The summed E-state index contributed by atoms with van der Waals surface area (Å²) in [6.07, 6.45) is 0.907. The molecule has 0 aliphatic rings. The molecule has 32 heavy (non-hydrogen) atoms. The van der Waals surface area contributed by atoms with Crippen molar-refractivity contribution in [2.24, 2.45) is 11.8 Å². The summed E-state index contributed by atoms with van der Waals surface area (Å²) in [5.41, 5.74) is 0.792. The van der Waals surface area contributed by atoms with Crippen LogP contribution in [0.25, 0.3) is 0 Å². The van der Waals surface area contributed by atoms with Gasteiger partial charge in [0.15, 0.2) is 5.12 Å². The highest BCUT2D eigenvalue weighted by atomic mass is 32.2. The summed E-state index contributed by atoms with van der Waals surface area (Å²) in [4.78, 5) is 48.8. The van der Waals surface area contributed by atoms with E-state index in [2.05, 4.69) is 10.6 Å². The number of hydrogen-bond donors (Lipinski definition) is 3. The maximum absolute atomic E-state index is 13.1. The summed E-state index contributed by atoms with van der Waals surface area (Å²) in [7, 11) is 3.01. The van der Waals surface area contributed by atoms with Crippen molar-refractivity contribution in [3.05, 3.63) is 29.8 Å². The Morgan fingerprint density at radius 2 is 1.75 bits per heavy atom. The van der Waals surface area contributed by atoms with Gasteiger partial charge in [-0.15, -0.1) is 0 Å². The normalized spacial score (nSPS) is 13.5. The van der Waals surface area contributed by atoms with Crippen molar-refractivity contribution in [1.29, 1.82) is 0 Å². The van der Waals surface area contributed by atoms with Crippen molar-refractivity contribution in [2.75, 3.05) is 33.1 Å². The maximum atomic E-state index is 13.1. The zero-order valence-electron chi connectivity index (χ0n) is 18.9. The van der Waals surface area contributed by atoms with E-state index in [0.717, 1.165) is 17.3 Å². The zero-order valence-corrected chi connectivity index (χ0v) is 19.7. The molecule has 0 bridgehead atoms. The van der Waals surface area contributed by atoms with E-state index >= 15 is 0 Å². The van der Waals surface area contributed by atoms with Gasteiger partial charge in [-0.3, -0.25) is 19.2 Å². The molecule has 0 aromatic heterocycles. The number of ether oxygens (including phenoxy) is 2. The first kappa shape index (κ1) is 27.4. The van der Waals surface area contributed by atoms with Crippen molar-refractivity contribution in [1.82, 2.24) is 10.6 Å². The second-order valence-corrected chi connectivity index (χ2v) is 8.35. The summed E-state index contributed by atoms with van der Waals surface area (Å²) < 4.78 is 10.6. The number of carbonyl (C=O) groups is 4. The third-order valence-corrected chi connectivity index (χ3v) is 5.66. The van der Waals surface area contributed by atoms with E-state index in [1.54, 1.807) is 31.4 Å². The highest BCUT2D eigenvalue weighted by Gasteiger charge is 2.36. The first-order valence-corrected chi connectivity index (χ1v) is 11.3. The number of rotatable bonds is 14. The largest absolute Gasteiger partial charge is 0.497 e. The molecule has 0 heterocycles. The molecule has 3 atom stereocenters. The van der Waals surface area contributed by atoms with E-state index in [4.69, 9.17) is 9.47 Å². The fourth-order valence-electron chi connectivity index (χ4n) is 2.96. The van der Waals surface area contributed by atoms with E-state index < -0.39 is 35.7 Å².